The Bertz CT molecular complexity index is 939. The molecule has 1 N–H and O–H groups in total. The van der Waals surface area contributed by atoms with E-state index < -0.39 is 0 Å². The third-order valence-corrected chi connectivity index (χ3v) is 3.97. The molecule has 2 aromatic carbocycles. The van der Waals surface area contributed by atoms with Crippen molar-refractivity contribution < 1.29 is 9.21 Å². The summed E-state index contributed by atoms with van der Waals surface area (Å²) in [5, 5.41) is 3.37. The zero-order valence-electron chi connectivity index (χ0n) is 14.0. The smallest absolute Gasteiger partial charge is 0.221 e. The summed E-state index contributed by atoms with van der Waals surface area (Å²) in [6.07, 6.45) is 2.33. The van der Waals surface area contributed by atoms with Gasteiger partial charge in [0.1, 0.15) is 0 Å². The topological polar surface area (TPSA) is 55.1 Å². The van der Waals surface area contributed by atoms with Gasteiger partial charge in [0.25, 0.3) is 0 Å². The van der Waals surface area contributed by atoms with Crippen LogP contribution in [0.15, 0.2) is 65.2 Å². The fraction of sp³-hybridized carbons (Fsp3) is 0.143. The minimum Gasteiger partial charge on any atom is -0.441 e. The number of aromatic nitrogens is 1. The number of amides is 1. The second-order valence-corrected chi connectivity index (χ2v) is 5.95. The third-order valence-electron chi connectivity index (χ3n) is 3.64. The first-order chi connectivity index (χ1) is 12.7. The van der Waals surface area contributed by atoms with Crippen LogP contribution in [0.2, 0.25) is 5.02 Å². The first kappa shape index (κ1) is 17.8. The van der Waals surface area contributed by atoms with E-state index in [1.807, 2.05) is 48.5 Å². The van der Waals surface area contributed by atoms with E-state index in [0.29, 0.717) is 29.6 Å². The van der Waals surface area contributed by atoms with Gasteiger partial charge < -0.3 is 9.73 Å². The van der Waals surface area contributed by atoms with E-state index >= 15 is 0 Å². The number of hydrogen-bond donors (Lipinski definition) is 1. The molecule has 0 radical (unpaired) electrons. The van der Waals surface area contributed by atoms with Gasteiger partial charge in [-0.1, -0.05) is 53.8 Å². The van der Waals surface area contributed by atoms with Crippen molar-refractivity contribution >= 4 is 17.5 Å². The van der Waals surface area contributed by atoms with Gasteiger partial charge in [0.15, 0.2) is 11.7 Å². The average molecular weight is 365 g/mol. The Balaban J connectivity index is 1.47. The first-order valence-corrected chi connectivity index (χ1v) is 8.60. The molecular formula is C21H17ClN2O2. The van der Waals surface area contributed by atoms with Crippen molar-refractivity contribution in [3.8, 4) is 23.2 Å². The molecular weight excluding hydrogens is 348 g/mol. The van der Waals surface area contributed by atoms with Crippen molar-refractivity contribution in [2.75, 3.05) is 6.54 Å². The molecule has 3 aromatic rings. The number of nitrogens with zero attached hydrogens (tertiary/aromatic N) is 1. The number of aryl methyl sites for hydroxylation is 1. The molecule has 0 saturated heterocycles. The number of hydrogen-bond acceptors (Lipinski definition) is 3. The molecule has 0 aliphatic rings. The Morgan fingerprint density at radius 1 is 1.12 bits per heavy atom. The van der Waals surface area contributed by atoms with Crippen LogP contribution >= 0.6 is 11.6 Å². The van der Waals surface area contributed by atoms with Gasteiger partial charge in [-0.15, -0.1) is 0 Å². The molecule has 4 nitrogen and oxygen atoms in total. The highest BCUT2D eigenvalue weighted by Gasteiger charge is 2.10. The van der Waals surface area contributed by atoms with Gasteiger partial charge in [-0.25, -0.2) is 4.98 Å². The number of benzene rings is 2. The molecule has 0 atom stereocenters. The maximum atomic E-state index is 11.9. The highest BCUT2D eigenvalue weighted by Crippen LogP contribution is 2.28. The summed E-state index contributed by atoms with van der Waals surface area (Å²) in [4.78, 5) is 16.1. The van der Waals surface area contributed by atoms with Crippen LogP contribution in [0.5, 0.6) is 0 Å². The zero-order chi connectivity index (χ0) is 18.2. The lowest BCUT2D eigenvalue weighted by atomic mass is 10.2. The van der Waals surface area contributed by atoms with E-state index in [1.54, 1.807) is 12.3 Å². The molecule has 130 valence electrons. The summed E-state index contributed by atoms with van der Waals surface area (Å²) in [5.74, 6) is 6.93. The SMILES string of the molecule is O=C(CCc1ncc(-c2ccccc2Cl)o1)NCC#Cc1ccccc1. The summed E-state index contributed by atoms with van der Waals surface area (Å²) < 4.78 is 5.68. The van der Waals surface area contributed by atoms with E-state index in [2.05, 4.69) is 22.1 Å². The highest BCUT2D eigenvalue weighted by atomic mass is 35.5. The number of oxazole rings is 1. The molecule has 0 fully saturated rings. The lowest BCUT2D eigenvalue weighted by molar-refractivity contribution is -0.120. The number of nitrogens with one attached hydrogen (secondary N) is 1. The first-order valence-electron chi connectivity index (χ1n) is 8.22. The van der Waals surface area contributed by atoms with Gasteiger partial charge in [-0.3, -0.25) is 4.79 Å². The van der Waals surface area contributed by atoms with E-state index in [-0.39, 0.29) is 12.3 Å². The van der Waals surface area contributed by atoms with Crippen molar-refractivity contribution in [3.05, 3.63) is 77.3 Å². The van der Waals surface area contributed by atoms with E-state index in [9.17, 15) is 4.79 Å². The fourth-order valence-electron chi connectivity index (χ4n) is 2.33. The van der Waals surface area contributed by atoms with Crippen LogP contribution < -0.4 is 5.32 Å². The minimum absolute atomic E-state index is 0.0927. The summed E-state index contributed by atoms with van der Waals surface area (Å²) >= 11 is 6.15. The molecule has 0 unspecified atom stereocenters. The van der Waals surface area contributed by atoms with Crippen LogP contribution in [-0.4, -0.2) is 17.4 Å². The maximum Gasteiger partial charge on any atom is 0.221 e. The second-order valence-electron chi connectivity index (χ2n) is 5.54. The average Bonchev–Trinajstić information content (AvgIpc) is 3.13. The standard InChI is InChI=1S/C21H17ClN2O2/c22-18-11-5-4-10-17(18)19-15-24-21(26-19)13-12-20(25)23-14-6-9-16-7-2-1-3-8-16/h1-5,7-8,10-11,15H,12-14H2,(H,23,25). The molecule has 0 saturated carbocycles. The molecule has 1 amide bonds. The lowest BCUT2D eigenvalue weighted by Gasteiger charge is -2.00. The molecule has 0 aliphatic heterocycles. The van der Waals surface area contributed by atoms with Gasteiger partial charge >= 0.3 is 0 Å². The van der Waals surface area contributed by atoms with Gasteiger partial charge in [0.05, 0.1) is 17.8 Å². The van der Waals surface area contributed by atoms with E-state index in [1.165, 1.54) is 0 Å². The van der Waals surface area contributed by atoms with Crippen LogP contribution in [0.1, 0.15) is 17.9 Å². The van der Waals surface area contributed by atoms with E-state index in [0.717, 1.165) is 11.1 Å². The minimum atomic E-state index is -0.0927. The maximum absolute atomic E-state index is 11.9. The molecule has 0 aliphatic carbocycles. The Morgan fingerprint density at radius 2 is 1.88 bits per heavy atom. The van der Waals surface area contributed by atoms with Crippen LogP contribution in [0.25, 0.3) is 11.3 Å². The van der Waals surface area contributed by atoms with Crippen molar-refractivity contribution in [1.29, 1.82) is 0 Å². The Labute approximate surface area is 157 Å². The lowest BCUT2D eigenvalue weighted by Crippen LogP contribution is -2.23. The van der Waals surface area contributed by atoms with Crippen molar-refractivity contribution in [2.45, 2.75) is 12.8 Å². The van der Waals surface area contributed by atoms with Gasteiger partial charge in [-0.2, -0.15) is 0 Å². The number of rotatable bonds is 5. The monoisotopic (exact) mass is 364 g/mol. The third kappa shape index (κ3) is 4.98. The quantitative estimate of drug-likeness (QED) is 0.693. The summed E-state index contributed by atoms with van der Waals surface area (Å²) in [7, 11) is 0. The Hall–Kier alpha value is -3.03. The largest absolute Gasteiger partial charge is 0.441 e. The van der Waals surface area contributed by atoms with Gasteiger partial charge in [0, 0.05) is 24.0 Å². The molecule has 0 bridgehead atoms. The predicted molar refractivity (Wildman–Crippen MR) is 102 cm³/mol. The molecule has 0 spiro atoms. The highest BCUT2D eigenvalue weighted by molar-refractivity contribution is 6.33. The van der Waals surface area contributed by atoms with Crippen molar-refractivity contribution in [1.82, 2.24) is 10.3 Å². The number of halogens is 1. The summed E-state index contributed by atoms with van der Waals surface area (Å²) in [5.41, 5.74) is 1.71. The Morgan fingerprint density at radius 3 is 2.69 bits per heavy atom. The van der Waals surface area contributed by atoms with Crippen LogP contribution in [0.3, 0.4) is 0 Å². The van der Waals surface area contributed by atoms with Crippen LogP contribution in [0.4, 0.5) is 0 Å². The van der Waals surface area contributed by atoms with Crippen LogP contribution in [0, 0.1) is 11.8 Å². The van der Waals surface area contributed by atoms with Gasteiger partial charge in [0.2, 0.25) is 5.91 Å². The summed E-state index contributed by atoms with van der Waals surface area (Å²) in [6.45, 7) is 0.310. The van der Waals surface area contributed by atoms with Crippen molar-refractivity contribution in [3.63, 3.8) is 0 Å². The molecule has 1 aromatic heterocycles. The second kappa shape index (κ2) is 8.89. The fourth-order valence-corrected chi connectivity index (χ4v) is 2.56. The number of carbonyl (C=O) groups is 1. The zero-order valence-corrected chi connectivity index (χ0v) is 14.8. The van der Waals surface area contributed by atoms with Gasteiger partial charge in [-0.05, 0) is 24.3 Å². The van der Waals surface area contributed by atoms with E-state index in [4.69, 9.17) is 16.0 Å². The Kier molecular flexibility index (Phi) is 6.08. The molecule has 5 heteroatoms. The normalized spacial score (nSPS) is 10.0. The molecule has 1 heterocycles. The number of carbonyl (C=O) groups excluding carboxylic acids is 1. The van der Waals surface area contributed by atoms with Crippen LogP contribution in [-0.2, 0) is 11.2 Å². The predicted octanol–water partition coefficient (Wildman–Crippen LogP) is 4.10. The molecule has 3 rings (SSSR count). The summed E-state index contributed by atoms with van der Waals surface area (Å²) in [6, 6.07) is 17.0. The van der Waals surface area contributed by atoms with Crippen molar-refractivity contribution in [2.24, 2.45) is 0 Å². The molecule has 26 heavy (non-hydrogen) atoms.